The van der Waals surface area contributed by atoms with Gasteiger partial charge in [-0.2, -0.15) is 5.26 Å². The molecule has 0 aliphatic carbocycles. The summed E-state index contributed by atoms with van der Waals surface area (Å²) in [5.41, 5.74) is 1.81. The number of benzene rings is 2. The van der Waals surface area contributed by atoms with Crippen molar-refractivity contribution >= 4 is 46.8 Å². The van der Waals surface area contributed by atoms with Crippen LogP contribution in [0, 0.1) is 17.2 Å². The van der Waals surface area contributed by atoms with E-state index in [2.05, 4.69) is 11.4 Å². The van der Waals surface area contributed by atoms with Crippen LogP contribution < -0.4 is 5.32 Å². The first-order valence-corrected chi connectivity index (χ1v) is 10.3. The van der Waals surface area contributed by atoms with E-state index in [-0.39, 0.29) is 0 Å². The first-order valence-electron chi connectivity index (χ1n) is 8.61. The Bertz CT molecular complexity index is 1020. The van der Waals surface area contributed by atoms with Crippen molar-refractivity contribution in [1.29, 1.82) is 5.26 Å². The van der Waals surface area contributed by atoms with Crippen molar-refractivity contribution in [3.63, 3.8) is 0 Å². The summed E-state index contributed by atoms with van der Waals surface area (Å²) < 4.78 is 4.83. The summed E-state index contributed by atoms with van der Waals surface area (Å²) in [6, 6.07) is 16.3. The Balaban J connectivity index is 2.00. The van der Waals surface area contributed by atoms with E-state index in [1.807, 2.05) is 6.07 Å². The van der Waals surface area contributed by atoms with Gasteiger partial charge in [-0.3, -0.25) is 9.59 Å². The molecule has 3 rings (SSSR count). The van der Waals surface area contributed by atoms with Gasteiger partial charge in [-0.25, -0.2) is 0 Å². The molecule has 1 aliphatic heterocycles. The molecule has 0 saturated carbocycles. The summed E-state index contributed by atoms with van der Waals surface area (Å²) in [5.74, 6) is -2.64. The van der Waals surface area contributed by atoms with Crippen molar-refractivity contribution < 1.29 is 14.3 Å². The van der Waals surface area contributed by atoms with Crippen molar-refractivity contribution in [1.82, 2.24) is 5.32 Å². The molecule has 1 heterocycles. The standard InChI is InChI=1S/C21H16Cl2N2O3S/c1-28-21(27)18-17(12-5-3-2-4-6-12)15(10-24)20(25-19(18)26)29-11-13-7-8-14(22)9-16(13)23/h2-9,17-18H,11H2,1H3,(H,25,26)/t17-,18-/m1/s1. The van der Waals surface area contributed by atoms with E-state index in [0.717, 1.165) is 5.56 Å². The number of hydrogen-bond donors (Lipinski definition) is 1. The SMILES string of the molecule is COC(=O)[C@H]1C(=O)NC(SCc2ccc(Cl)cc2Cl)=C(C#N)[C@H]1c1ccccc1. The first-order chi connectivity index (χ1) is 14.0. The number of rotatable bonds is 5. The van der Waals surface area contributed by atoms with Gasteiger partial charge in [-0.15, -0.1) is 11.8 Å². The third-order valence-corrected chi connectivity index (χ3v) is 6.18. The number of carbonyl (C=O) groups excluding carboxylic acids is 2. The third kappa shape index (κ3) is 4.59. The average molecular weight is 447 g/mol. The zero-order valence-corrected chi connectivity index (χ0v) is 17.6. The van der Waals surface area contributed by atoms with Crippen molar-refractivity contribution in [3.8, 4) is 6.07 Å². The molecule has 29 heavy (non-hydrogen) atoms. The third-order valence-electron chi connectivity index (χ3n) is 4.53. The highest BCUT2D eigenvalue weighted by Crippen LogP contribution is 2.41. The molecule has 5 nitrogen and oxygen atoms in total. The summed E-state index contributed by atoms with van der Waals surface area (Å²) in [7, 11) is 1.22. The van der Waals surface area contributed by atoms with Crippen molar-refractivity contribution in [2.45, 2.75) is 11.7 Å². The van der Waals surface area contributed by atoms with E-state index < -0.39 is 23.7 Å². The lowest BCUT2D eigenvalue weighted by Gasteiger charge is -2.31. The van der Waals surface area contributed by atoms with Crippen LogP contribution >= 0.6 is 35.0 Å². The molecule has 2 aromatic carbocycles. The number of nitrogens with zero attached hydrogens (tertiary/aromatic N) is 1. The minimum absolute atomic E-state index is 0.307. The zero-order valence-electron chi connectivity index (χ0n) is 15.3. The van der Waals surface area contributed by atoms with Crippen molar-refractivity contribution in [2.24, 2.45) is 5.92 Å². The van der Waals surface area contributed by atoms with Crippen molar-refractivity contribution in [2.75, 3.05) is 7.11 Å². The Morgan fingerprint density at radius 3 is 2.59 bits per heavy atom. The Morgan fingerprint density at radius 2 is 1.97 bits per heavy atom. The molecule has 1 amide bonds. The van der Waals surface area contributed by atoms with Crippen LogP contribution in [0.3, 0.4) is 0 Å². The molecule has 0 aromatic heterocycles. The van der Waals surface area contributed by atoms with E-state index in [1.54, 1.807) is 42.5 Å². The van der Waals surface area contributed by atoms with E-state index in [1.165, 1.54) is 18.9 Å². The maximum atomic E-state index is 12.8. The van der Waals surface area contributed by atoms with E-state index in [4.69, 9.17) is 27.9 Å². The van der Waals surface area contributed by atoms with Gasteiger partial charge in [0, 0.05) is 21.7 Å². The highest BCUT2D eigenvalue weighted by atomic mass is 35.5. The zero-order chi connectivity index (χ0) is 21.0. The maximum absolute atomic E-state index is 12.8. The molecule has 148 valence electrons. The number of methoxy groups -OCH3 is 1. The Labute approximate surface area is 182 Å². The molecule has 0 fully saturated rings. The van der Waals surface area contributed by atoms with Crippen LogP contribution in [0.15, 0.2) is 59.1 Å². The second-order valence-corrected chi connectivity index (χ2v) is 8.09. The van der Waals surface area contributed by atoms with Gasteiger partial charge < -0.3 is 10.1 Å². The van der Waals surface area contributed by atoms with Crippen LogP contribution in [0.1, 0.15) is 17.0 Å². The number of esters is 1. The lowest BCUT2D eigenvalue weighted by Crippen LogP contribution is -2.44. The Hall–Kier alpha value is -2.46. The number of ether oxygens (including phenoxy) is 1. The molecule has 1 aliphatic rings. The van der Waals surface area contributed by atoms with Gasteiger partial charge in [0.15, 0.2) is 0 Å². The molecule has 0 unspecified atom stereocenters. The first kappa shape index (κ1) is 21.3. The molecule has 8 heteroatoms. The van der Waals surface area contributed by atoms with Crippen LogP contribution in [0.2, 0.25) is 10.0 Å². The summed E-state index contributed by atoms with van der Waals surface area (Å²) in [6.07, 6.45) is 0. The second kappa shape index (κ2) is 9.36. The van der Waals surface area contributed by atoms with Crippen LogP contribution in [-0.4, -0.2) is 19.0 Å². The Kier molecular flexibility index (Phi) is 6.86. The fourth-order valence-corrected chi connectivity index (χ4v) is 4.74. The number of nitrogens with one attached hydrogen (secondary N) is 1. The number of hydrogen-bond acceptors (Lipinski definition) is 5. The summed E-state index contributed by atoms with van der Waals surface area (Å²) in [5, 5.41) is 14.0. The number of allylic oxidation sites excluding steroid dienone is 1. The Morgan fingerprint density at radius 1 is 1.24 bits per heavy atom. The molecule has 0 spiro atoms. The summed E-state index contributed by atoms with van der Waals surface area (Å²) in [4.78, 5) is 25.1. The second-order valence-electron chi connectivity index (χ2n) is 6.26. The molecular formula is C21H16Cl2N2O3S. The average Bonchev–Trinajstić information content (AvgIpc) is 2.72. The summed E-state index contributed by atoms with van der Waals surface area (Å²) >= 11 is 13.4. The van der Waals surface area contributed by atoms with Gasteiger partial charge in [0.25, 0.3) is 0 Å². The molecule has 1 N–H and O–H groups in total. The van der Waals surface area contributed by atoms with Gasteiger partial charge in [0.2, 0.25) is 5.91 Å². The molecule has 0 saturated heterocycles. The highest BCUT2D eigenvalue weighted by Gasteiger charge is 2.44. The van der Waals surface area contributed by atoms with Gasteiger partial charge in [-0.05, 0) is 23.3 Å². The minimum atomic E-state index is -1.14. The molecule has 2 aromatic rings. The molecule has 2 atom stereocenters. The van der Waals surface area contributed by atoms with Gasteiger partial charge in [-0.1, -0.05) is 59.6 Å². The number of amides is 1. The van der Waals surface area contributed by atoms with E-state index in [0.29, 0.717) is 32.0 Å². The van der Waals surface area contributed by atoms with E-state index in [9.17, 15) is 14.9 Å². The fourth-order valence-electron chi connectivity index (χ4n) is 3.13. The van der Waals surface area contributed by atoms with Crippen LogP contribution in [0.4, 0.5) is 0 Å². The monoisotopic (exact) mass is 446 g/mol. The minimum Gasteiger partial charge on any atom is -0.468 e. The van der Waals surface area contributed by atoms with Gasteiger partial charge in [0.05, 0.1) is 23.8 Å². The largest absolute Gasteiger partial charge is 0.468 e. The fraction of sp³-hybridized carbons (Fsp3) is 0.190. The quantitative estimate of drug-likeness (QED) is 0.533. The molecule has 0 radical (unpaired) electrons. The maximum Gasteiger partial charge on any atom is 0.319 e. The van der Waals surface area contributed by atoms with Crippen LogP contribution in [0.25, 0.3) is 0 Å². The number of halogens is 2. The predicted octanol–water partition coefficient (Wildman–Crippen LogP) is 4.66. The number of nitriles is 1. The van der Waals surface area contributed by atoms with Crippen LogP contribution in [0.5, 0.6) is 0 Å². The number of carbonyl (C=O) groups is 2. The van der Waals surface area contributed by atoms with Crippen LogP contribution in [-0.2, 0) is 20.1 Å². The smallest absolute Gasteiger partial charge is 0.319 e. The predicted molar refractivity (Wildman–Crippen MR) is 113 cm³/mol. The normalized spacial score (nSPS) is 18.8. The summed E-state index contributed by atoms with van der Waals surface area (Å²) in [6.45, 7) is 0. The van der Waals surface area contributed by atoms with Gasteiger partial charge >= 0.3 is 5.97 Å². The molecular weight excluding hydrogens is 431 g/mol. The van der Waals surface area contributed by atoms with Gasteiger partial charge in [0.1, 0.15) is 5.92 Å². The topological polar surface area (TPSA) is 79.2 Å². The lowest BCUT2D eigenvalue weighted by molar-refractivity contribution is -0.150. The van der Waals surface area contributed by atoms with E-state index >= 15 is 0 Å². The molecule has 0 bridgehead atoms. The lowest BCUT2D eigenvalue weighted by atomic mass is 9.78. The number of thioether (sulfide) groups is 1. The highest BCUT2D eigenvalue weighted by molar-refractivity contribution is 8.02. The van der Waals surface area contributed by atoms with Crippen molar-refractivity contribution in [3.05, 3.63) is 80.3 Å².